The molecule has 0 aliphatic carbocycles. The lowest BCUT2D eigenvalue weighted by atomic mass is 10.2. The molecule has 0 radical (unpaired) electrons. The number of hydrogen-bond acceptors (Lipinski definition) is 4. The second kappa shape index (κ2) is 6.13. The van der Waals surface area contributed by atoms with Crippen molar-refractivity contribution in [1.82, 2.24) is 0 Å². The molecule has 0 aliphatic heterocycles. The first-order valence-corrected chi connectivity index (χ1v) is 5.44. The summed E-state index contributed by atoms with van der Waals surface area (Å²) in [5.41, 5.74) is 5.34. The standard InChI is InChI=1S/C11H12ClN3O3/c1-2-3-8(13)11(16)14-9-5-4-7(12)6-10(9)15(17)18/h2,4-6,8H,1,3,13H2,(H,14,16). The zero-order valence-corrected chi connectivity index (χ0v) is 10.2. The largest absolute Gasteiger partial charge is 0.320 e. The fourth-order valence-electron chi connectivity index (χ4n) is 1.27. The maximum Gasteiger partial charge on any atom is 0.294 e. The SMILES string of the molecule is C=CCC(N)C(=O)Nc1ccc(Cl)cc1[N+](=O)[O-]. The van der Waals surface area contributed by atoms with Gasteiger partial charge in [-0.15, -0.1) is 6.58 Å². The van der Waals surface area contributed by atoms with E-state index in [-0.39, 0.29) is 22.8 Å². The molecule has 7 heteroatoms. The van der Waals surface area contributed by atoms with E-state index < -0.39 is 16.9 Å². The Kier molecular flexibility index (Phi) is 4.82. The van der Waals surface area contributed by atoms with Crippen molar-refractivity contribution in [3.05, 3.63) is 46.0 Å². The molecule has 0 saturated heterocycles. The van der Waals surface area contributed by atoms with Gasteiger partial charge < -0.3 is 11.1 Å². The molecule has 1 rings (SSSR count). The fraction of sp³-hybridized carbons (Fsp3) is 0.182. The van der Waals surface area contributed by atoms with Gasteiger partial charge in [0.05, 0.1) is 11.0 Å². The average molecular weight is 270 g/mol. The Morgan fingerprint density at radius 3 is 2.89 bits per heavy atom. The van der Waals surface area contributed by atoms with Gasteiger partial charge in [-0.25, -0.2) is 0 Å². The van der Waals surface area contributed by atoms with Gasteiger partial charge >= 0.3 is 0 Å². The summed E-state index contributed by atoms with van der Waals surface area (Å²) < 4.78 is 0. The van der Waals surface area contributed by atoms with E-state index in [0.29, 0.717) is 0 Å². The van der Waals surface area contributed by atoms with Crippen LogP contribution in [-0.4, -0.2) is 16.9 Å². The molecular weight excluding hydrogens is 258 g/mol. The van der Waals surface area contributed by atoms with Crippen molar-refractivity contribution in [3.8, 4) is 0 Å². The van der Waals surface area contributed by atoms with E-state index in [9.17, 15) is 14.9 Å². The van der Waals surface area contributed by atoms with Gasteiger partial charge in [-0.2, -0.15) is 0 Å². The van der Waals surface area contributed by atoms with Gasteiger partial charge in [0.1, 0.15) is 5.69 Å². The van der Waals surface area contributed by atoms with Crippen molar-refractivity contribution < 1.29 is 9.72 Å². The number of nitrogens with two attached hydrogens (primary N) is 1. The summed E-state index contributed by atoms with van der Waals surface area (Å²) >= 11 is 5.65. The summed E-state index contributed by atoms with van der Waals surface area (Å²) in [6, 6.07) is 3.18. The van der Waals surface area contributed by atoms with Gasteiger partial charge in [-0.1, -0.05) is 17.7 Å². The second-order valence-corrected chi connectivity index (χ2v) is 3.98. The maximum atomic E-state index is 11.6. The summed E-state index contributed by atoms with van der Waals surface area (Å²) in [6.45, 7) is 3.46. The molecule has 0 aliphatic rings. The zero-order valence-electron chi connectivity index (χ0n) is 9.43. The number of nitrogens with zero attached hydrogens (tertiary/aromatic N) is 1. The molecule has 1 aromatic rings. The minimum atomic E-state index is -0.794. The topological polar surface area (TPSA) is 98.3 Å². The minimum absolute atomic E-state index is 0.0638. The Balaban J connectivity index is 2.93. The number of rotatable bonds is 5. The molecule has 1 unspecified atom stereocenters. The molecule has 0 saturated carbocycles. The van der Waals surface area contributed by atoms with Crippen LogP contribution in [0.4, 0.5) is 11.4 Å². The predicted molar refractivity (Wildman–Crippen MR) is 69.5 cm³/mol. The van der Waals surface area contributed by atoms with Crippen LogP contribution in [0.1, 0.15) is 6.42 Å². The lowest BCUT2D eigenvalue weighted by molar-refractivity contribution is -0.383. The number of nitro benzene ring substituents is 1. The minimum Gasteiger partial charge on any atom is -0.320 e. The first kappa shape index (κ1) is 14.1. The van der Waals surface area contributed by atoms with E-state index >= 15 is 0 Å². The number of hydrogen-bond donors (Lipinski definition) is 2. The first-order valence-electron chi connectivity index (χ1n) is 5.07. The van der Waals surface area contributed by atoms with E-state index in [1.807, 2.05) is 0 Å². The third-order valence-electron chi connectivity index (χ3n) is 2.17. The lowest BCUT2D eigenvalue weighted by Gasteiger charge is -2.10. The Labute approximate surface area is 109 Å². The van der Waals surface area contributed by atoms with Crippen molar-refractivity contribution in [1.29, 1.82) is 0 Å². The van der Waals surface area contributed by atoms with Crippen LogP contribution in [0.3, 0.4) is 0 Å². The Hall–Kier alpha value is -1.92. The summed E-state index contributed by atoms with van der Waals surface area (Å²) in [6.07, 6.45) is 1.79. The highest BCUT2D eigenvalue weighted by Gasteiger charge is 2.19. The van der Waals surface area contributed by atoms with Crippen LogP contribution in [-0.2, 0) is 4.79 Å². The number of carbonyl (C=O) groups excluding carboxylic acids is 1. The zero-order chi connectivity index (χ0) is 13.7. The predicted octanol–water partition coefficient (Wildman–Crippen LogP) is 2.09. The van der Waals surface area contributed by atoms with Crippen LogP contribution in [0.2, 0.25) is 5.02 Å². The fourth-order valence-corrected chi connectivity index (χ4v) is 1.44. The van der Waals surface area contributed by atoms with Crippen molar-refractivity contribution in [3.63, 3.8) is 0 Å². The van der Waals surface area contributed by atoms with Gasteiger partial charge in [0.2, 0.25) is 5.91 Å². The number of amides is 1. The van der Waals surface area contributed by atoms with Gasteiger partial charge in [-0.05, 0) is 18.6 Å². The summed E-state index contributed by atoms with van der Waals surface area (Å²) in [5, 5.41) is 13.4. The number of halogens is 1. The average Bonchev–Trinajstić information content (AvgIpc) is 2.31. The third kappa shape index (κ3) is 3.54. The molecule has 0 fully saturated rings. The van der Waals surface area contributed by atoms with E-state index in [2.05, 4.69) is 11.9 Å². The highest BCUT2D eigenvalue weighted by molar-refractivity contribution is 6.31. The van der Waals surface area contributed by atoms with Crippen LogP contribution in [0, 0.1) is 10.1 Å². The quantitative estimate of drug-likeness (QED) is 0.486. The second-order valence-electron chi connectivity index (χ2n) is 3.54. The molecule has 1 atom stereocenters. The third-order valence-corrected chi connectivity index (χ3v) is 2.41. The molecule has 0 heterocycles. The monoisotopic (exact) mass is 269 g/mol. The lowest BCUT2D eigenvalue weighted by Crippen LogP contribution is -2.35. The number of nitro groups is 1. The van der Waals surface area contributed by atoms with Crippen molar-refractivity contribution in [2.45, 2.75) is 12.5 Å². The Morgan fingerprint density at radius 2 is 2.33 bits per heavy atom. The molecule has 1 amide bonds. The molecule has 18 heavy (non-hydrogen) atoms. The van der Waals surface area contributed by atoms with Gasteiger partial charge in [0, 0.05) is 11.1 Å². The number of carbonyl (C=O) groups is 1. The van der Waals surface area contributed by atoms with Crippen LogP contribution >= 0.6 is 11.6 Å². The van der Waals surface area contributed by atoms with Crippen LogP contribution < -0.4 is 11.1 Å². The molecule has 0 bridgehead atoms. The Bertz CT molecular complexity index is 490. The van der Waals surface area contributed by atoms with E-state index in [1.165, 1.54) is 18.2 Å². The number of anilines is 1. The molecule has 3 N–H and O–H groups in total. The Morgan fingerprint density at radius 1 is 1.67 bits per heavy atom. The number of benzene rings is 1. The molecule has 1 aromatic carbocycles. The van der Waals surface area contributed by atoms with Gasteiger partial charge in [0.25, 0.3) is 5.69 Å². The van der Waals surface area contributed by atoms with E-state index in [4.69, 9.17) is 17.3 Å². The van der Waals surface area contributed by atoms with Crippen molar-refractivity contribution in [2.24, 2.45) is 5.73 Å². The van der Waals surface area contributed by atoms with Crippen LogP contribution in [0.5, 0.6) is 0 Å². The summed E-state index contributed by atoms with van der Waals surface area (Å²) in [7, 11) is 0. The summed E-state index contributed by atoms with van der Waals surface area (Å²) in [4.78, 5) is 21.8. The normalized spacial score (nSPS) is 11.7. The highest BCUT2D eigenvalue weighted by Crippen LogP contribution is 2.27. The molecular formula is C11H12ClN3O3. The van der Waals surface area contributed by atoms with Crippen LogP contribution in [0.15, 0.2) is 30.9 Å². The molecule has 6 nitrogen and oxygen atoms in total. The summed E-state index contributed by atoms with van der Waals surface area (Å²) in [5.74, 6) is -0.514. The molecule has 0 aromatic heterocycles. The smallest absolute Gasteiger partial charge is 0.294 e. The van der Waals surface area contributed by atoms with E-state index in [1.54, 1.807) is 0 Å². The molecule has 96 valence electrons. The van der Waals surface area contributed by atoms with Gasteiger partial charge in [0.15, 0.2) is 0 Å². The van der Waals surface area contributed by atoms with Gasteiger partial charge in [-0.3, -0.25) is 14.9 Å². The molecule has 0 spiro atoms. The van der Waals surface area contributed by atoms with Crippen molar-refractivity contribution >= 4 is 28.9 Å². The maximum absolute atomic E-state index is 11.6. The first-order chi connectivity index (χ1) is 8.45. The van der Waals surface area contributed by atoms with E-state index in [0.717, 1.165) is 6.07 Å². The number of nitrogens with one attached hydrogen (secondary N) is 1. The highest BCUT2D eigenvalue weighted by atomic mass is 35.5. The van der Waals surface area contributed by atoms with Crippen LogP contribution in [0.25, 0.3) is 0 Å². The van der Waals surface area contributed by atoms with Crippen molar-refractivity contribution in [2.75, 3.05) is 5.32 Å².